The van der Waals surface area contributed by atoms with Crippen LogP contribution in [0.1, 0.15) is 42.5 Å². The topological polar surface area (TPSA) is 38.0 Å². The van der Waals surface area contributed by atoms with Crippen LogP contribution in [-0.4, -0.2) is 6.26 Å². The molecule has 0 aromatic heterocycles. The maximum absolute atomic E-state index is 5.75. The minimum absolute atomic E-state index is 0.0344. The molecule has 3 heteroatoms. The molecule has 0 aliphatic rings. The smallest absolute Gasteiger partial charge is 0.0710 e. The van der Waals surface area contributed by atoms with Gasteiger partial charge in [-0.25, -0.2) is 5.43 Å². The first-order valence-corrected chi connectivity index (χ1v) is 8.08. The van der Waals surface area contributed by atoms with Crippen molar-refractivity contribution in [3.63, 3.8) is 0 Å². The Morgan fingerprint density at radius 3 is 1.70 bits per heavy atom. The third-order valence-corrected chi connectivity index (χ3v) is 4.30. The van der Waals surface area contributed by atoms with Gasteiger partial charge in [-0.15, -0.1) is 11.8 Å². The first-order valence-electron chi connectivity index (χ1n) is 6.85. The second kappa shape index (κ2) is 6.93. The highest BCUT2D eigenvalue weighted by atomic mass is 32.2. The molecule has 1 atom stereocenters. The lowest BCUT2D eigenvalue weighted by Gasteiger charge is -2.18. The Kier molecular flexibility index (Phi) is 5.24. The molecule has 2 aromatic rings. The molecular formula is C17H22N2S. The Morgan fingerprint density at radius 1 is 0.850 bits per heavy atom. The minimum Gasteiger partial charge on any atom is -0.271 e. The van der Waals surface area contributed by atoms with Crippen molar-refractivity contribution in [3.05, 3.63) is 65.2 Å². The van der Waals surface area contributed by atoms with Gasteiger partial charge in [-0.3, -0.25) is 5.84 Å². The second-order valence-corrected chi connectivity index (χ2v) is 6.07. The Balaban J connectivity index is 2.26. The van der Waals surface area contributed by atoms with Gasteiger partial charge in [-0.05, 0) is 41.0 Å². The Hall–Kier alpha value is -1.29. The average molecular weight is 286 g/mol. The van der Waals surface area contributed by atoms with E-state index in [0.717, 1.165) is 0 Å². The lowest BCUT2D eigenvalue weighted by Crippen LogP contribution is -2.28. The predicted molar refractivity (Wildman–Crippen MR) is 87.9 cm³/mol. The Bertz CT molecular complexity index is 532. The van der Waals surface area contributed by atoms with E-state index in [-0.39, 0.29) is 6.04 Å². The maximum atomic E-state index is 5.75. The summed E-state index contributed by atoms with van der Waals surface area (Å²) in [6.45, 7) is 4.41. The molecule has 0 bridgehead atoms. The van der Waals surface area contributed by atoms with Crippen LogP contribution in [0.15, 0.2) is 53.4 Å². The van der Waals surface area contributed by atoms with Crippen LogP contribution < -0.4 is 11.3 Å². The van der Waals surface area contributed by atoms with E-state index in [2.05, 4.69) is 74.1 Å². The number of hydrazine groups is 1. The van der Waals surface area contributed by atoms with Crippen LogP contribution in [-0.2, 0) is 0 Å². The van der Waals surface area contributed by atoms with Crippen molar-refractivity contribution in [2.45, 2.75) is 30.7 Å². The van der Waals surface area contributed by atoms with E-state index in [1.165, 1.54) is 21.6 Å². The number of thioether (sulfide) groups is 1. The highest BCUT2D eigenvalue weighted by Crippen LogP contribution is 2.25. The normalized spacial score (nSPS) is 12.7. The maximum Gasteiger partial charge on any atom is 0.0710 e. The van der Waals surface area contributed by atoms with Gasteiger partial charge in [-0.2, -0.15) is 0 Å². The van der Waals surface area contributed by atoms with Crippen molar-refractivity contribution in [1.29, 1.82) is 0 Å². The summed E-state index contributed by atoms with van der Waals surface area (Å²) in [5.41, 5.74) is 6.63. The highest BCUT2D eigenvalue weighted by Gasteiger charge is 2.12. The van der Waals surface area contributed by atoms with Crippen molar-refractivity contribution in [2.75, 3.05) is 6.26 Å². The molecule has 0 aliphatic heterocycles. The molecule has 0 saturated heterocycles. The van der Waals surface area contributed by atoms with Crippen LogP contribution in [0.3, 0.4) is 0 Å². The van der Waals surface area contributed by atoms with Gasteiger partial charge in [-0.1, -0.05) is 50.2 Å². The van der Waals surface area contributed by atoms with E-state index in [9.17, 15) is 0 Å². The fraction of sp³-hybridized carbons (Fsp3) is 0.294. The molecule has 0 saturated carbocycles. The SMILES string of the molecule is CSc1ccc(C(NN)c2ccc(C(C)C)cc2)cc1. The van der Waals surface area contributed by atoms with Gasteiger partial charge in [0.25, 0.3) is 0 Å². The Morgan fingerprint density at radius 2 is 1.30 bits per heavy atom. The van der Waals surface area contributed by atoms with E-state index in [1.54, 1.807) is 11.8 Å². The standard InChI is InChI=1S/C17H22N2S/c1-12(2)13-4-6-14(7-5-13)17(19-18)15-8-10-16(20-3)11-9-15/h4-12,17,19H,18H2,1-3H3. The molecule has 3 N–H and O–H groups in total. The molecule has 20 heavy (non-hydrogen) atoms. The number of nitrogens with two attached hydrogens (primary N) is 1. The zero-order chi connectivity index (χ0) is 14.5. The lowest BCUT2D eigenvalue weighted by atomic mass is 9.96. The van der Waals surface area contributed by atoms with Crippen molar-refractivity contribution < 1.29 is 0 Å². The van der Waals surface area contributed by atoms with E-state index in [0.29, 0.717) is 5.92 Å². The van der Waals surface area contributed by atoms with Crippen molar-refractivity contribution in [1.82, 2.24) is 5.43 Å². The molecular weight excluding hydrogens is 264 g/mol. The number of hydrogen-bond donors (Lipinski definition) is 2. The van der Waals surface area contributed by atoms with Crippen LogP contribution in [0, 0.1) is 0 Å². The molecule has 2 nitrogen and oxygen atoms in total. The summed E-state index contributed by atoms with van der Waals surface area (Å²) in [7, 11) is 0. The van der Waals surface area contributed by atoms with Gasteiger partial charge < -0.3 is 0 Å². The molecule has 0 spiro atoms. The molecule has 2 aromatic carbocycles. The summed E-state index contributed by atoms with van der Waals surface area (Å²) < 4.78 is 0. The third kappa shape index (κ3) is 3.42. The largest absolute Gasteiger partial charge is 0.271 e. The second-order valence-electron chi connectivity index (χ2n) is 5.19. The average Bonchev–Trinajstić information content (AvgIpc) is 2.49. The van der Waals surface area contributed by atoms with Gasteiger partial charge in [0.2, 0.25) is 0 Å². The summed E-state index contributed by atoms with van der Waals surface area (Å²) in [5.74, 6) is 6.30. The summed E-state index contributed by atoms with van der Waals surface area (Å²) >= 11 is 1.75. The van der Waals surface area contributed by atoms with E-state index < -0.39 is 0 Å². The van der Waals surface area contributed by atoms with E-state index >= 15 is 0 Å². The molecule has 0 radical (unpaired) electrons. The van der Waals surface area contributed by atoms with Gasteiger partial charge in [0.15, 0.2) is 0 Å². The molecule has 0 fully saturated rings. The summed E-state index contributed by atoms with van der Waals surface area (Å²) in [6, 6.07) is 17.2. The first kappa shape index (κ1) is 15.1. The molecule has 106 valence electrons. The van der Waals surface area contributed by atoms with Crippen molar-refractivity contribution >= 4 is 11.8 Å². The molecule has 0 amide bonds. The summed E-state index contributed by atoms with van der Waals surface area (Å²) in [4.78, 5) is 1.26. The molecule has 2 rings (SSSR count). The fourth-order valence-corrected chi connectivity index (χ4v) is 2.66. The van der Waals surface area contributed by atoms with Crippen molar-refractivity contribution in [3.8, 4) is 0 Å². The van der Waals surface area contributed by atoms with Crippen LogP contribution in [0.4, 0.5) is 0 Å². The molecule has 1 unspecified atom stereocenters. The number of rotatable bonds is 5. The van der Waals surface area contributed by atoms with Crippen LogP contribution in [0.5, 0.6) is 0 Å². The van der Waals surface area contributed by atoms with E-state index in [4.69, 9.17) is 5.84 Å². The van der Waals surface area contributed by atoms with Gasteiger partial charge in [0.05, 0.1) is 6.04 Å². The van der Waals surface area contributed by atoms with Crippen molar-refractivity contribution in [2.24, 2.45) is 5.84 Å². The van der Waals surface area contributed by atoms with Crippen LogP contribution in [0.2, 0.25) is 0 Å². The molecule has 0 heterocycles. The van der Waals surface area contributed by atoms with Crippen LogP contribution in [0.25, 0.3) is 0 Å². The Labute approximate surface area is 125 Å². The summed E-state index contributed by atoms with van der Waals surface area (Å²) in [5, 5.41) is 0. The first-order chi connectivity index (χ1) is 9.65. The zero-order valence-electron chi connectivity index (χ0n) is 12.3. The number of nitrogens with one attached hydrogen (secondary N) is 1. The highest BCUT2D eigenvalue weighted by molar-refractivity contribution is 7.98. The van der Waals surface area contributed by atoms with Gasteiger partial charge in [0.1, 0.15) is 0 Å². The third-order valence-electron chi connectivity index (χ3n) is 3.55. The lowest BCUT2D eigenvalue weighted by molar-refractivity contribution is 0.636. The van der Waals surface area contributed by atoms with Gasteiger partial charge >= 0.3 is 0 Å². The number of benzene rings is 2. The van der Waals surface area contributed by atoms with Gasteiger partial charge in [0, 0.05) is 4.90 Å². The molecule has 0 aliphatic carbocycles. The summed E-state index contributed by atoms with van der Waals surface area (Å²) in [6.07, 6.45) is 2.08. The van der Waals surface area contributed by atoms with Crippen LogP contribution >= 0.6 is 11.8 Å². The quantitative estimate of drug-likeness (QED) is 0.494. The fourth-order valence-electron chi connectivity index (χ4n) is 2.25. The predicted octanol–water partition coefficient (Wildman–Crippen LogP) is 4.08. The minimum atomic E-state index is 0.0344. The van der Waals surface area contributed by atoms with E-state index in [1.807, 2.05) is 0 Å². The zero-order valence-corrected chi connectivity index (χ0v) is 13.1. The monoisotopic (exact) mass is 286 g/mol. The number of hydrogen-bond acceptors (Lipinski definition) is 3.